The van der Waals surface area contributed by atoms with Crippen molar-refractivity contribution in [2.45, 2.75) is 12.8 Å². The fraction of sp³-hybridized carbons (Fsp3) is 0.529. The van der Waals surface area contributed by atoms with Crippen molar-refractivity contribution in [2.75, 3.05) is 51.3 Å². The minimum Gasteiger partial charge on any atom is -0.469 e. The molecular weight excluding hydrogens is 330 g/mol. The van der Waals surface area contributed by atoms with Gasteiger partial charge in [0.05, 0.1) is 13.7 Å². The van der Waals surface area contributed by atoms with Crippen LogP contribution in [-0.2, 0) is 14.3 Å². The number of piperazine rings is 1. The molecule has 0 bridgehead atoms. The van der Waals surface area contributed by atoms with E-state index in [-0.39, 0.29) is 11.9 Å². The second-order valence-corrected chi connectivity index (χ2v) is 6.21. The number of anilines is 1. The summed E-state index contributed by atoms with van der Waals surface area (Å²) < 4.78 is 4.56. The smallest absolute Gasteiger partial charge is 0.305 e. The molecule has 2 rings (SSSR count). The summed E-state index contributed by atoms with van der Waals surface area (Å²) in [5, 5.41) is 3.58. The Kier molecular flexibility index (Phi) is 7.34. The molecule has 0 aromatic heterocycles. The maximum absolute atomic E-state index is 11.9. The van der Waals surface area contributed by atoms with Gasteiger partial charge in [-0.05, 0) is 24.6 Å². The molecule has 24 heavy (non-hydrogen) atoms. The van der Waals surface area contributed by atoms with Crippen molar-refractivity contribution in [3.63, 3.8) is 0 Å². The fourth-order valence-electron chi connectivity index (χ4n) is 2.66. The number of halogens is 1. The van der Waals surface area contributed by atoms with Crippen LogP contribution in [0.1, 0.15) is 12.8 Å². The molecule has 1 heterocycles. The Morgan fingerprint density at radius 3 is 2.67 bits per heavy atom. The molecule has 0 saturated carbocycles. The molecule has 132 valence electrons. The number of amides is 1. The zero-order chi connectivity index (χ0) is 17.4. The topological polar surface area (TPSA) is 61.9 Å². The average Bonchev–Trinajstić information content (AvgIpc) is 2.59. The van der Waals surface area contributed by atoms with Crippen molar-refractivity contribution >= 4 is 29.2 Å². The zero-order valence-corrected chi connectivity index (χ0v) is 14.7. The van der Waals surface area contributed by atoms with Gasteiger partial charge in [-0.1, -0.05) is 17.7 Å². The zero-order valence-electron chi connectivity index (χ0n) is 14.0. The van der Waals surface area contributed by atoms with Gasteiger partial charge in [0.15, 0.2) is 0 Å². The number of rotatable bonds is 7. The van der Waals surface area contributed by atoms with Crippen LogP contribution in [0.25, 0.3) is 0 Å². The third kappa shape index (κ3) is 6.02. The second-order valence-electron chi connectivity index (χ2n) is 5.77. The van der Waals surface area contributed by atoms with Gasteiger partial charge in [0.1, 0.15) is 0 Å². The van der Waals surface area contributed by atoms with Crippen LogP contribution in [0.15, 0.2) is 24.3 Å². The van der Waals surface area contributed by atoms with E-state index in [1.54, 1.807) is 0 Å². The highest BCUT2D eigenvalue weighted by Gasteiger charge is 2.19. The lowest BCUT2D eigenvalue weighted by atomic mass is 10.2. The molecule has 1 amide bonds. The Morgan fingerprint density at radius 1 is 1.25 bits per heavy atom. The Morgan fingerprint density at radius 2 is 2.00 bits per heavy atom. The van der Waals surface area contributed by atoms with E-state index in [2.05, 4.69) is 25.9 Å². The summed E-state index contributed by atoms with van der Waals surface area (Å²) in [7, 11) is 1.37. The van der Waals surface area contributed by atoms with Gasteiger partial charge in [0, 0.05) is 49.9 Å². The minimum atomic E-state index is -0.249. The summed E-state index contributed by atoms with van der Waals surface area (Å²) in [6, 6.07) is 7.83. The Bertz CT molecular complexity index is 560. The Labute approximate surface area is 147 Å². The van der Waals surface area contributed by atoms with Crippen molar-refractivity contribution in [2.24, 2.45) is 0 Å². The molecule has 7 heteroatoms. The van der Waals surface area contributed by atoms with Crippen LogP contribution in [0.4, 0.5) is 5.69 Å². The quantitative estimate of drug-likeness (QED) is 0.595. The molecule has 1 aromatic rings. The van der Waals surface area contributed by atoms with E-state index in [4.69, 9.17) is 11.6 Å². The second kappa shape index (κ2) is 9.49. The predicted molar refractivity (Wildman–Crippen MR) is 94.4 cm³/mol. The number of methoxy groups -OCH3 is 1. The summed E-state index contributed by atoms with van der Waals surface area (Å²) >= 11 is 6.03. The number of nitrogens with zero attached hydrogens (tertiary/aromatic N) is 2. The maximum atomic E-state index is 11.9. The van der Waals surface area contributed by atoms with Crippen LogP contribution in [-0.4, -0.2) is 63.2 Å². The highest BCUT2D eigenvalue weighted by atomic mass is 35.5. The molecule has 1 aliphatic rings. The summed E-state index contributed by atoms with van der Waals surface area (Å²) in [6.07, 6.45) is 0.927. The van der Waals surface area contributed by atoms with Crippen LogP contribution in [0.5, 0.6) is 0 Å². The normalized spacial score (nSPS) is 15.2. The molecule has 1 N–H and O–H groups in total. The predicted octanol–water partition coefficient (Wildman–Crippen LogP) is 1.53. The number of esters is 1. The van der Waals surface area contributed by atoms with E-state index >= 15 is 0 Å². The first-order valence-corrected chi connectivity index (χ1v) is 8.52. The van der Waals surface area contributed by atoms with Gasteiger partial charge >= 0.3 is 5.97 Å². The standard InChI is InChI=1S/C17H24ClN3O3/c1-24-17(23)6-3-7-19-16(22)13-20-8-10-21(11-9-20)15-5-2-4-14(18)12-15/h2,4-5,12H,3,6-11,13H2,1H3,(H,19,22). The number of carbonyl (C=O) groups excluding carboxylic acids is 2. The van der Waals surface area contributed by atoms with Crippen LogP contribution in [0, 0.1) is 0 Å². The molecule has 1 fully saturated rings. The van der Waals surface area contributed by atoms with Crippen molar-refractivity contribution in [1.29, 1.82) is 0 Å². The molecule has 1 saturated heterocycles. The number of ether oxygens (including phenoxy) is 1. The number of nitrogens with one attached hydrogen (secondary N) is 1. The average molecular weight is 354 g/mol. The van der Waals surface area contributed by atoms with Crippen molar-refractivity contribution in [1.82, 2.24) is 10.2 Å². The highest BCUT2D eigenvalue weighted by Crippen LogP contribution is 2.20. The van der Waals surface area contributed by atoms with E-state index in [1.807, 2.05) is 18.2 Å². The molecule has 0 radical (unpaired) electrons. The third-order valence-corrected chi connectivity index (χ3v) is 4.26. The number of benzene rings is 1. The molecule has 1 aliphatic heterocycles. The van der Waals surface area contributed by atoms with Crippen LogP contribution in [0.3, 0.4) is 0 Å². The number of hydrogen-bond donors (Lipinski definition) is 1. The lowest BCUT2D eigenvalue weighted by Crippen LogP contribution is -2.49. The molecule has 6 nitrogen and oxygen atoms in total. The van der Waals surface area contributed by atoms with E-state index in [9.17, 15) is 9.59 Å². The van der Waals surface area contributed by atoms with Gasteiger partial charge in [-0.3, -0.25) is 14.5 Å². The highest BCUT2D eigenvalue weighted by molar-refractivity contribution is 6.30. The summed E-state index contributed by atoms with van der Waals surface area (Å²) in [4.78, 5) is 27.3. The van der Waals surface area contributed by atoms with Gasteiger partial charge in [-0.2, -0.15) is 0 Å². The molecule has 0 spiro atoms. The van der Waals surface area contributed by atoms with Gasteiger partial charge < -0.3 is 15.0 Å². The first-order chi connectivity index (χ1) is 11.6. The van der Waals surface area contributed by atoms with Crippen molar-refractivity contribution < 1.29 is 14.3 Å². The van der Waals surface area contributed by atoms with Crippen molar-refractivity contribution in [3.8, 4) is 0 Å². The Hall–Kier alpha value is -1.79. The minimum absolute atomic E-state index is 0.00364. The SMILES string of the molecule is COC(=O)CCCNC(=O)CN1CCN(c2cccc(Cl)c2)CC1. The Balaban J connectivity index is 1.65. The van der Waals surface area contributed by atoms with Gasteiger partial charge in [0.25, 0.3) is 0 Å². The maximum Gasteiger partial charge on any atom is 0.305 e. The van der Waals surface area contributed by atoms with Crippen LogP contribution < -0.4 is 10.2 Å². The van der Waals surface area contributed by atoms with E-state index < -0.39 is 0 Å². The largest absolute Gasteiger partial charge is 0.469 e. The first-order valence-electron chi connectivity index (χ1n) is 8.15. The summed E-state index contributed by atoms with van der Waals surface area (Å²) in [6.45, 7) is 4.30. The molecule has 0 unspecified atom stereocenters. The molecule has 0 atom stereocenters. The lowest BCUT2D eigenvalue weighted by molar-refractivity contribution is -0.140. The van der Waals surface area contributed by atoms with Gasteiger partial charge in [-0.25, -0.2) is 0 Å². The van der Waals surface area contributed by atoms with Crippen molar-refractivity contribution in [3.05, 3.63) is 29.3 Å². The monoisotopic (exact) mass is 353 g/mol. The van der Waals surface area contributed by atoms with E-state index in [1.165, 1.54) is 7.11 Å². The first kappa shape index (κ1) is 18.5. The van der Waals surface area contributed by atoms with E-state index in [0.717, 1.165) is 36.9 Å². The molecular formula is C17H24ClN3O3. The molecule has 0 aliphatic carbocycles. The summed E-state index contributed by atoms with van der Waals surface area (Å²) in [5.41, 5.74) is 1.12. The van der Waals surface area contributed by atoms with Crippen LogP contribution >= 0.6 is 11.6 Å². The van der Waals surface area contributed by atoms with E-state index in [0.29, 0.717) is 25.9 Å². The fourth-order valence-corrected chi connectivity index (χ4v) is 2.84. The lowest BCUT2D eigenvalue weighted by Gasteiger charge is -2.35. The van der Waals surface area contributed by atoms with Gasteiger partial charge in [-0.15, -0.1) is 0 Å². The van der Waals surface area contributed by atoms with Gasteiger partial charge in [0.2, 0.25) is 5.91 Å². The number of carbonyl (C=O) groups is 2. The third-order valence-electron chi connectivity index (χ3n) is 4.02. The van der Waals surface area contributed by atoms with Crippen LogP contribution in [0.2, 0.25) is 5.02 Å². The molecule has 1 aromatic carbocycles. The number of hydrogen-bond acceptors (Lipinski definition) is 5. The summed E-state index contributed by atoms with van der Waals surface area (Å²) in [5.74, 6) is -0.252.